The molecule has 1 amide bonds. The molecule has 32 heavy (non-hydrogen) atoms. The lowest BCUT2D eigenvalue weighted by atomic mass is 10.2. The fraction of sp³-hybridized carbons (Fsp3) is 0.0952. The first-order valence-electron chi connectivity index (χ1n) is 9.06. The lowest BCUT2D eigenvalue weighted by molar-refractivity contribution is -0.138. The van der Waals surface area contributed by atoms with Crippen molar-refractivity contribution < 1.29 is 18.0 Å². The highest BCUT2D eigenvalue weighted by molar-refractivity contribution is 9.10. The maximum absolute atomic E-state index is 13.1. The van der Waals surface area contributed by atoms with E-state index >= 15 is 0 Å². The largest absolute Gasteiger partial charge is 0.417 e. The highest BCUT2D eigenvalue weighted by Gasteiger charge is 2.33. The average molecular weight is 541 g/mol. The second kappa shape index (κ2) is 10.3. The number of carbonyl (C=O) groups excluding carboxylic acids is 1. The summed E-state index contributed by atoms with van der Waals surface area (Å²) >= 11 is 9.54. The van der Waals surface area contributed by atoms with Gasteiger partial charge in [0.15, 0.2) is 5.11 Å². The maximum Gasteiger partial charge on any atom is 0.417 e. The minimum absolute atomic E-state index is 0.0453. The number of anilines is 2. The van der Waals surface area contributed by atoms with Gasteiger partial charge in [-0.05, 0) is 60.7 Å². The van der Waals surface area contributed by atoms with Gasteiger partial charge in [-0.2, -0.15) is 13.2 Å². The Kier molecular flexibility index (Phi) is 7.75. The van der Waals surface area contributed by atoms with Crippen LogP contribution in [0.3, 0.4) is 0 Å². The van der Waals surface area contributed by atoms with Gasteiger partial charge in [-0.3, -0.25) is 4.79 Å². The highest BCUT2D eigenvalue weighted by atomic mass is 79.9. The van der Waals surface area contributed by atoms with Crippen LogP contribution < -0.4 is 16.0 Å². The van der Waals surface area contributed by atoms with E-state index in [0.29, 0.717) is 16.3 Å². The van der Waals surface area contributed by atoms with Crippen LogP contribution in [0.15, 0.2) is 75.2 Å². The van der Waals surface area contributed by atoms with Crippen molar-refractivity contribution in [3.63, 3.8) is 0 Å². The molecule has 11 heteroatoms. The molecular weight excluding hydrogens is 525 g/mol. The van der Waals surface area contributed by atoms with Crippen molar-refractivity contribution >= 4 is 62.3 Å². The van der Waals surface area contributed by atoms with Gasteiger partial charge in [0.2, 0.25) is 0 Å². The summed E-state index contributed by atoms with van der Waals surface area (Å²) in [6.45, 7) is 0. The van der Waals surface area contributed by atoms with Gasteiger partial charge in [-0.15, -0.1) is 0 Å². The Morgan fingerprint density at radius 2 is 1.78 bits per heavy atom. The quantitative estimate of drug-likeness (QED) is 0.335. The molecule has 166 valence electrons. The van der Waals surface area contributed by atoms with Crippen molar-refractivity contribution in [2.45, 2.75) is 16.1 Å². The smallest absolute Gasteiger partial charge is 0.355 e. The fourth-order valence-electron chi connectivity index (χ4n) is 2.59. The average Bonchev–Trinajstić information content (AvgIpc) is 2.74. The number of pyridine rings is 1. The van der Waals surface area contributed by atoms with E-state index in [1.807, 2.05) is 18.2 Å². The van der Waals surface area contributed by atoms with Crippen LogP contribution >= 0.6 is 39.9 Å². The maximum atomic E-state index is 13.1. The lowest BCUT2D eigenvalue weighted by Crippen LogP contribution is -2.19. The third-order valence-corrected chi connectivity index (χ3v) is 5.91. The number of rotatable bonds is 5. The van der Waals surface area contributed by atoms with E-state index in [0.717, 1.165) is 11.0 Å². The predicted molar refractivity (Wildman–Crippen MR) is 127 cm³/mol. The molecule has 1 aromatic heterocycles. The molecular formula is C21H16BrF3N4OS2. The zero-order valence-electron chi connectivity index (χ0n) is 16.5. The summed E-state index contributed by atoms with van der Waals surface area (Å²) in [5, 5.41) is 9.11. The first-order chi connectivity index (χ1) is 15.2. The van der Waals surface area contributed by atoms with Crippen LogP contribution in [0.2, 0.25) is 0 Å². The van der Waals surface area contributed by atoms with Crippen LogP contribution in [0, 0.1) is 0 Å². The highest BCUT2D eigenvalue weighted by Crippen LogP contribution is 2.36. The molecule has 5 nitrogen and oxygen atoms in total. The molecule has 2 aromatic carbocycles. The molecule has 3 aromatic rings. The monoisotopic (exact) mass is 540 g/mol. The van der Waals surface area contributed by atoms with Crippen LogP contribution in [-0.2, 0) is 6.18 Å². The van der Waals surface area contributed by atoms with Gasteiger partial charge >= 0.3 is 6.18 Å². The summed E-state index contributed by atoms with van der Waals surface area (Å²) in [5.41, 5.74) is 0.538. The summed E-state index contributed by atoms with van der Waals surface area (Å²) in [6, 6.07) is 14.5. The molecule has 0 aliphatic heterocycles. The zero-order chi connectivity index (χ0) is 23.3. The Hall–Kier alpha value is -2.63. The molecule has 0 bridgehead atoms. The van der Waals surface area contributed by atoms with Gasteiger partial charge in [0.25, 0.3) is 5.91 Å². The lowest BCUT2D eigenvalue weighted by Gasteiger charge is -2.14. The SMILES string of the molecule is CNC(=O)c1ccc(Sc2cccc(NC(=S)Nc3ccc(Br)c(C(F)(F)F)c3)c2)nc1. The molecule has 0 saturated heterocycles. The third kappa shape index (κ3) is 6.44. The van der Waals surface area contributed by atoms with E-state index < -0.39 is 11.7 Å². The normalized spacial score (nSPS) is 11.0. The van der Waals surface area contributed by atoms with Gasteiger partial charge in [0, 0.05) is 34.0 Å². The number of hydrogen-bond donors (Lipinski definition) is 3. The van der Waals surface area contributed by atoms with Gasteiger partial charge < -0.3 is 16.0 Å². The molecule has 0 radical (unpaired) electrons. The van der Waals surface area contributed by atoms with Crippen LogP contribution in [0.1, 0.15) is 15.9 Å². The van der Waals surface area contributed by atoms with E-state index in [4.69, 9.17) is 12.2 Å². The molecule has 0 unspecified atom stereocenters. The van der Waals surface area contributed by atoms with E-state index in [1.54, 1.807) is 25.2 Å². The molecule has 3 rings (SSSR count). The van der Waals surface area contributed by atoms with E-state index in [2.05, 4.69) is 36.9 Å². The van der Waals surface area contributed by atoms with Crippen LogP contribution in [0.25, 0.3) is 0 Å². The topological polar surface area (TPSA) is 66.1 Å². The van der Waals surface area contributed by atoms with Gasteiger partial charge in [0.1, 0.15) is 5.03 Å². The number of alkyl halides is 3. The molecule has 0 atom stereocenters. The summed E-state index contributed by atoms with van der Waals surface area (Å²) in [5.74, 6) is -0.214. The predicted octanol–water partition coefficient (Wildman–Crippen LogP) is 6.18. The summed E-state index contributed by atoms with van der Waals surface area (Å²) in [7, 11) is 1.55. The van der Waals surface area contributed by atoms with Crippen molar-refractivity contribution in [3.8, 4) is 0 Å². The molecule has 0 aliphatic rings. The van der Waals surface area contributed by atoms with Gasteiger partial charge in [-0.1, -0.05) is 33.8 Å². The van der Waals surface area contributed by atoms with Crippen molar-refractivity contribution in [1.29, 1.82) is 0 Å². The van der Waals surface area contributed by atoms with Crippen LogP contribution in [0.5, 0.6) is 0 Å². The number of carbonyl (C=O) groups is 1. The first-order valence-corrected chi connectivity index (χ1v) is 11.1. The Labute approximate surface area is 200 Å². The molecule has 0 saturated carbocycles. The molecule has 3 N–H and O–H groups in total. The van der Waals surface area contributed by atoms with E-state index in [-0.39, 0.29) is 21.2 Å². The number of hydrogen-bond acceptors (Lipinski definition) is 4. The van der Waals surface area contributed by atoms with Crippen LogP contribution in [-0.4, -0.2) is 23.1 Å². The Morgan fingerprint density at radius 1 is 1.06 bits per heavy atom. The third-order valence-electron chi connectivity index (χ3n) is 4.07. The first kappa shape index (κ1) is 24.0. The van der Waals surface area contributed by atoms with Crippen molar-refractivity contribution in [2.75, 3.05) is 17.7 Å². The van der Waals surface area contributed by atoms with E-state index in [9.17, 15) is 18.0 Å². The van der Waals surface area contributed by atoms with Gasteiger partial charge in [-0.25, -0.2) is 4.98 Å². The molecule has 0 spiro atoms. The number of thiocarbonyl (C=S) groups is 1. The molecule has 1 heterocycles. The standard InChI is InChI=1S/C21H16BrF3N4OS2/c1-26-19(30)12-5-8-18(27-11-12)32-15-4-2-3-13(9-15)28-20(31)29-14-6-7-17(22)16(10-14)21(23,24)25/h2-11H,1H3,(H,26,30)(H2,28,29,31). The number of amides is 1. The second-order valence-electron chi connectivity index (χ2n) is 6.37. The zero-order valence-corrected chi connectivity index (χ0v) is 19.7. The number of nitrogens with one attached hydrogen (secondary N) is 3. The number of benzene rings is 2. The minimum atomic E-state index is -4.48. The molecule has 0 aliphatic carbocycles. The summed E-state index contributed by atoms with van der Waals surface area (Å²) in [6.07, 6.45) is -2.99. The van der Waals surface area contributed by atoms with Crippen molar-refractivity contribution in [2.24, 2.45) is 0 Å². The molecule has 0 fully saturated rings. The van der Waals surface area contributed by atoms with Crippen molar-refractivity contribution in [1.82, 2.24) is 10.3 Å². The summed E-state index contributed by atoms with van der Waals surface area (Å²) < 4.78 is 39.2. The fourth-order valence-corrected chi connectivity index (χ4v) is 4.11. The van der Waals surface area contributed by atoms with E-state index in [1.165, 1.54) is 30.1 Å². The second-order valence-corrected chi connectivity index (χ2v) is 8.72. The number of halogens is 4. The minimum Gasteiger partial charge on any atom is -0.355 e. The van der Waals surface area contributed by atoms with Crippen LogP contribution in [0.4, 0.5) is 24.5 Å². The Morgan fingerprint density at radius 3 is 2.41 bits per heavy atom. The van der Waals surface area contributed by atoms with Crippen molar-refractivity contribution in [3.05, 3.63) is 76.4 Å². The Balaban J connectivity index is 1.66. The number of nitrogens with zero attached hydrogens (tertiary/aromatic N) is 1. The summed E-state index contributed by atoms with van der Waals surface area (Å²) in [4.78, 5) is 16.7. The van der Waals surface area contributed by atoms with Gasteiger partial charge in [0.05, 0.1) is 11.1 Å². The Bertz CT molecular complexity index is 1140. The number of aromatic nitrogens is 1.